The van der Waals surface area contributed by atoms with Crippen LogP contribution in [0.2, 0.25) is 0 Å². The van der Waals surface area contributed by atoms with E-state index in [2.05, 4.69) is 30.2 Å². The van der Waals surface area contributed by atoms with Crippen LogP contribution in [0, 0.1) is 6.92 Å². The van der Waals surface area contributed by atoms with Crippen LogP contribution in [0.4, 0.5) is 18.9 Å². The average Bonchev–Trinajstić information content (AvgIpc) is 3.05. The molecule has 0 radical (unpaired) electrons. The second-order valence-corrected chi connectivity index (χ2v) is 7.64. The first-order valence-electron chi connectivity index (χ1n) is 9.07. The Kier molecular flexibility index (Phi) is 6.22. The summed E-state index contributed by atoms with van der Waals surface area (Å²) in [5, 5.41) is 11.3. The summed E-state index contributed by atoms with van der Waals surface area (Å²) >= 11 is 1.49. The number of thiazole rings is 1. The van der Waals surface area contributed by atoms with Gasteiger partial charge in [-0.25, -0.2) is 19.7 Å². The van der Waals surface area contributed by atoms with Crippen LogP contribution in [0.3, 0.4) is 0 Å². The minimum atomic E-state index is -5.08. The molecule has 9 nitrogen and oxygen atoms in total. The van der Waals surface area contributed by atoms with E-state index in [1.54, 1.807) is 0 Å². The fourth-order valence-electron chi connectivity index (χ4n) is 3.04. The van der Waals surface area contributed by atoms with E-state index in [1.165, 1.54) is 11.3 Å². The fourth-order valence-corrected chi connectivity index (χ4v) is 3.77. The van der Waals surface area contributed by atoms with Crippen molar-refractivity contribution in [1.29, 1.82) is 0 Å². The van der Waals surface area contributed by atoms with Crippen molar-refractivity contribution in [1.82, 2.24) is 25.3 Å². The summed E-state index contributed by atoms with van der Waals surface area (Å²) in [5.41, 5.74) is 3.12. The van der Waals surface area contributed by atoms with Gasteiger partial charge in [-0.3, -0.25) is 4.79 Å². The van der Waals surface area contributed by atoms with Crippen LogP contribution >= 0.6 is 11.3 Å². The van der Waals surface area contributed by atoms with Crippen molar-refractivity contribution in [3.63, 3.8) is 0 Å². The molecule has 1 aliphatic rings. The number of alkyl halides is 3. The highest BCUT2D eigenvalue weighted by molar-refractivity contribution is 7.18. The lowest BCUT2D eigenvalue weighted by molar-refractivity contribution is -0.192. The Morgan fingerprint density at radius 1 is 1.23 bits per heavy atom. The molecule has 1 fully saturated rings. The van der Waals surface area contributed by atoms with Gasteiger partial charge in [0.25, 0.3) is 0 Å². The monoisotopic (exact) mass is 444 g/mol. The summed E-state index contributed by atoms with van der Waals surface area (Å²) in [7, 11) is 0. The zero-order valence-electron chi connectivity index (χ0n) is 16.1. The largest absolute Gasteiger partial charge is 0.490 e. The van der Waals surface area contributed by atoms with E-state index in [9.17, 15) is 18.0 Å². The number of hydrogen-bond acceptors (Lipinski definition) is 8. The molecule has 1 aliphatic heterocycles. The molecule has 0 unspecified atom stereocenters. The molecule has 0 atom stereocenters. The second-order valence-electron chi connectivity index (χ2n) is 6.46. The maximum absolute atomic E-state index is 13.0. The van der Waals surface area contributed by atoms with E-state index in [0.29, 0.717) is 16.8 Å². The van der Waals surface area contributed by atoms with Crippen LogP contribution in [-0.2, 0) is 11.2 Å². The molecule has 30 heavy (non-hydrogen) atoms. The minimum absolute atomic E-state index is 0.0439. The average molecular weight is 444 g/mol. The van der Waals surface area contributed by atoms with E-state index >= 15 is 0 Å². The van der Waals surface area contributed by atoms with E-state index < -0.39 is 12.1 Å². The van der Waals surface area contributed by atoms with Gasteiger partial charge < -0.3 is 20.3 Å². The highest BCUT2D eigenvalue weighted by Gasteiger charge is 2.38. The molecule has 3 aromatic heterocycles. The zero-order valence-corrected chi connectivity index (χ0v) is 16.9. The van der Waals surface area contributed by atoms with Gasteiger partial charge in [0.1, 0.15) is 5.69 Å². The highest BCUT2D eigenvalue weighted by Crippen LogP contribution is 2.23. The Bertz CT molecular complexity index is 1140. The Morgan fingerprint density at radius 3 is 2.43 bits per heavy atom. The number of piperazine rings is 1. The molecule has 3 aromatic rings. The number of anilines is 1. The van der Waals surface area contributed by atoms with Crippen LogP contribution < -0.4 is 15.6 Å². The molecule has 13 heteroatoms. The topological polar surface area (TPSA) is 124 Å². The molecule has 0 aromatic carbocycles. The predicted molar refractivity (Wildman–Crippen MR) is 106 cm³/mol. The van der Waals surface area contributed by atoms with Crippen molar-refractivity contribution >= 4 is 44.6 Å². The second kappa shape index (κ2) is 8.52. The van der Waals surface area contributed by atoms with Crippen LogP contribution in [-0.4, -0.2) is 63.4 Å². The van der Waals surface area contributed by atoms with Crippen molar-refractivity contribution < 1.29 is 23.1 Å². The number of fused-ring (bicyclic) bond motifs is 2. The number of nitrogens with one attached hydrogen (secondary N) is 2. The quantitative estimate of drug-likeness (QED) is 0.547. The third-order valence-corrected chi connectivity index (χ3v) is 5.22. The van der Waals surface area contributed by atoms with E-state index in [0.717, 1.165) is 53.8 Å². The van der Waals surface area contributed by atoms with Crippen molar-refractivity contribution in [3.8, 4) is 0 Å². The summed E-state index contributed by atoms with van der Waals surface area (Å²) in [6.45, 7) is 7.39. The van der Waals surface area contributed by atoms with E-state index in [1.807, 2.05) is 13.8 Å². The number of hydrogen-bond donors (Lipinski definition) is 3. The summed E-state index contributed by atoms with van der Waals surface area (Å²) in [4.78, 5) is 41.6. The first-order valence-corrected chi connectivity index (χ1v) is 9.89. The first kappa shape index (κ1) is 21.9. The molecular formula is C17H19F3N6O3S. The van der Waals surface area contributed by atoms with Gasteiger partial charge >= 0.3 is 12.1 Å². The molecule has 0 saturated carbocycles. The molecular weight excluding hydrogens is 425 g/mol. The summed E-state index contributed by atoms with van der Waals surface area (Å²) in [5.74, 6) is -2.76. The molecule has 0 spiro atoms. The smallest absolute Gasteiger partial charge is 0.475 e. The third-order valence-electron chi connectivity index (χ3n) is 4.37. The minimum Gasteiger partial charge on any atom is -0.475 e. The van der Waals surface area contributed by atoms with Crippen molar-refractivity contribution in [2.75, 3.05) is 31.1 Å². The Balaban J connectivity index is 0.000000318. The Hall–Kier alpha value is -2.80. The predicted octanol–water partition coefficient (Wildman–Crippen LogP) is 1.84. The number of H-pyrrole nitrogens is 1. The lowest BCUT2D eigenvalue weighted by Gasteiger charge is -2.30. The molecule has 1 saturated heterocycles. The van der Waals surface area contributed by atoms with E-state index in [-0.39, 0.29) is 5.43 Å². The third kappa shape index (κ3) is 4.51. The molecule has 0 aliphatic carbocycles. The SMILES string of the molecule is CCc1[nH]c2nc3sc(C)nc3nc2c(=O)c1N1CCNCC1.O=C(O)C(F)(F)F. The van der Waals surface area contributed by atoms with Crippen LogP contribution in [0.15, 0.2) is 4.79 Å². The maximum atomic E-state index is 13.0. The Morgan fingerprint density at radius 2 is 1.87 bits per heavy atom. The van der Waals surface area contributed by atoms with Crippen LogP contribution in [0.1, 0.15) is 17.6 Å². The normalized spacial score (nSPS) is 14.6. The number of aromatic nitrogens is 4. The van der Waals surface area contributed by atoms with Crippen LogP contribution in [0.5, 0.6) is 0 Å². The van der Waals surface area contributed by atoms with Gasteiger partial charge in [-0.2, -0.15) is 13.2 Å². The molecule has 0 amide bonds. The van der Waals surface area contributed by atoms with Gasteiger partial charge in [-0.15, -0.1) is 0 Å². The number of carboxylic acids is 1. The summed E-state index contributed by atoms with van der Waals surface area (Å²) in [6.07, 6.45) is -4.33. The van der Waals surface area contributed by atoms with Gasteiger partial charge in [0.2, 0.25) is 5.43 Å². The number of aryl methyl sites for hydroxylation is 2. The zero-order chi connectivity index (χ0) is 22.1. The number of pyridine rings is 1. The highest BCUT2D eigenvalue weighted by atomic mass is 32.1. The van der Waals surface area contributed by atoms with Gasteiger partial charge in [-0.1, -0.05) is 18.3 Å². The standard InChI is InChI=1S/C15H18N6OS.C2HF3O2/c1-3-9-11(21-6-4-16-5-7-21)12(22)10-13(18-9)20-15-14(19-10)17-8(2)23-15;3-2(4,5)1(6)7/h16H,3-7H2,1-2H3,(H,18,20,22);(H,6,7). The van der Waals surface area contributed by atoms with Crippen molar-refractivity contribution in [3.05, 3.63) is 20.9 Å². The number of nitrogens with zero attached hydrogens (tertiary/aromatic N) is 4. The molecule has 3 N–H and O–H groups in total. The number of aromatic amines is 1. The lowest BCUT2D eigenvalue weighted by atomic mass is 10.2. The van der Waals surface area contributed by atoms with Gasteiger partial charge in [0, 0.05) is 31.9 Å². The number of rotatable bonds is 2. The number of halogens is 3. The number of carbonyl (C=O) groups is 1. The molecule has 162 valence electrons. The van der Waals surface area contributed by atoms with Crippen molar-refractivity contribution in [2.45, 2.75) is 26.4 Å². The van der Waals surface area contributed by atoms with Gasteiger partial charge in [0.05, 0.1) is 5.01 Å². The van der Waals surface area contributed by atoms with Crippen molar-refractivity contribution in [2.24, 2.45) is 0 Å². The fraction of sp³-hybridized carbons (Fsp3) is 0.471. The van der Waals surface area contributed by atoms with Gasteiger partial charge in [0.15, 0.2) is 21.6 Å². The Labute approximate surface area is 172 Å². The van der Waals surface area contributed by atoms with E-state index in [4.69, 9.17) is 9.90 Å². The molecule has 0 bridgehead atoms. The number of carboxylic acid groups (broad SMARTS) is 1. The first-order chi connectivity index (χ1) is 14.1. The summed E-state index contributed by atoms with van der Waals surface area (Å²) in [6, 6.07) is 0. The molecule has 4 rings (SSSR count). The van der Waals surface area contributed by atoms with Crippen LogP contribution in [0.25, 0.3) is 21.6 Å². The molecule has 4 heterocycles. The van der Waals surface area contributed by atoms with Gasteiger partial charge in [-0.05, 0) is 13.3 Å². The summed E-state index contributed by atoms with van der Waals surface area (Å²) < 4.78 is 31.7. The maximum Gasteiger partial charge on any atom is 0.490 e. The lowest BCUT2D eigenvalue weighted by Crippen LogP contribution is -2.45. The number of aliphatic carboxylic acids is 1.